The summed E-state index contributed by atoms with van der Waals surface area (Å²) in [5.74, 6) is 2.20. The van der Waals surface area contributed by atoms with Crippen LogP contribution in [0, 0.1) is 26.2 Å². The Hall–Kier alpha value is -1.31. The van der Waals surface area contributed by atoms with E-state index in [9.17, 15) is 4.79 Å². The van der Waals surface area contributed by atoms with E-state index in [0.29, 0.717) is 13.2 Å². The molecule has 0 spiro atoms. The van der Waals surface area contributed by atoms with Crippen molar-refractivity contribution in [2.75, 3.05) is 13.2 Å². The average Bonchev–Trinajstić information content (AvgIpc) is 2.59. The number of thiophene rings is 1. The van der Waals surface area contributed by atoms with Crippen LogP contribution in [-0.4, -0.2) is 19.1 Å². The van der Waals surface area contributed by atoms with Crippen molar-refractivity contribution in [2.24, 2.45) is 0 Å². The quantitative estimate of drug-likeness (QED) is 0.644. The van der Waals surface area contributed by atoms with Crippen molar-refractivity contribution >= 4 is 17.3 Å². The third-order valence-corrected chi connectivity index (χ3v) is 3.30. The van der Waals surface area contributed by atoms with E-state index < -0.39 is 6.04 Å². The van der Waals surface area contributed by atoms with Crippen LogP contribution in [0.2, 0.25) is 0 Å². The van der Waals surface area contributed by atoms with Gasteiger partial charge in [-0.25, -0.2) is 4.79 Å². The van der Waals surface area contributed by atoms with Crippen LogP contribution < -0.4 is 5.32 Å². The van der Waals surface area contributed by atoms with Crippen molar-refractivity contribution in [3.8, 4) is 12.3 Å². The fraction of sp³-hybridized carbons (Fsp3) is 0.462. The lowest BCUT2D eigenvalue weighted by atomic mass is 10.1. The second-order valence-electron chi connectivity index (χ2n) is 3.64. The first-order valence-electron chi connectivity index (χ1n) is 5.50. The van der Waals surface area contributed by atoms with Gasteiger partial charge in [0.15, 0.2) is 0 Å². The zero-order valence-electron chi connectivity index (χ0n) is 10.4. The lowest BCUT2D eigenvalue weighted by molar-refractivity contribution is -0.145. The van der Waals surface area contributed by atoms with Gasteiger partial charge in [-0.2, -0.15) is 0 Å². The Balaban J connectivity index is 2.93. The molecule has 0 saturated heterocycles. The van der Waals surface area contributed by atoms with Crippen LogP contribution in [0.15, 0.2) is 6.07 Å². The Morgan fingerprint density at radius 1 is 1.65 bits per heavy atom. The minimum atomic E-state index is -0.462. The van der Waals surface area contributed by atoms with Gasteiger partial charge in [-0.1, -0.05) is 5.92 Å². The Morgan fingerprint density at radius 2 is 2.35 bits per heavy atom. The first-order valence-corrected chi connectivity index (χ1v) is 6.32. The Morgan fingerprint density at radius 3 is 2.82 bits per heavy atom. The zero-order valence-corrected chi connectivity index (χ0v) is 11.2. The van der Waals surface area contributed by atoms with Crippen molar-refractivity contribution in [3.05, 3.63) is 21.4 Å². The molecule has 1 aromatic rings. The monoisotopic (exact) mass is 251 g/mol. The van der Waals surface area contributed by atoms with Crippen molar-refractivity contribution in [2.45, 2.75) is 26.8 Å². The van der Waals surface area contributed by atoms with Gasteiger partial charge in [-0.3, -0.25) is 5.32 Å². The van der Waals surface area contributed by atoms with Crippen LogP contribution >= 0.6 is 11.3 Å². The summed E-state index contributed by atoms with van der Waals surface area (Å²) < 4.78 is 5.05. The van der Waals surface area contributed by atoms with Crippen molar-refractivity contribution < 1.29 is 9.53 Å². The van der Waals surface area contributed by atoms with Crippen LogP contribution in [0.5, 0.6) is 0 Å². The molecule has 0 saturated carbocycles. The Kier molecular flexibility index (Phi) is 5.20. The minimum absolute atomic E-state index is 0.274. The molecule has 1 aromatic heterocycles. The fourth-order valence-corrected chi connectivity index (χ4v) is 2.61. The smallest absolute Gasteiger partial charge is 0.327 e. The van der Waals surface area contributed by atoms with E-state index >= 15 is 0 Å². The van der Waals surface area contributed by atoms with E-state index in [2.05, 4.69) is 11.2 Å². The SMILES string of the molecule is C#CCNC(C(=O)OCC)c1cc(C)sc1C. The molecule has 0 aliphatic heterocycles. The van der Waals surface area contributed by atoms with Gasteiger partial charge in [0, 0.05) is 9.75 Å². The van der Waals surface area contributed by atoms with Crippen LogP contribution in [0.25, 0.3) is 0 Å². The number of aryl methyl sites for hydroxylation is 2. The molecular weight excluding hydrogens is 234 g/mol. The zero-order chi connectivity index (χ0) is 12.8. The van der Waals surface area contributed by atoms with Crippen LogP contribution in [0.3, 0.4) is 0 Å². The topological polar surface area (TPSA) is 38.3 Å². The molecule has 0 bridgehead atoms. The molecule has 0 aliphatic rings. The number of rotatable bonds is 5. The van der Waals surface area contributed by atoms with Gasteiger partial charge in [0.1, 0.15) is 6.04 Å². The summed E-state index contributed by atoms with van der Waals surface area (Å²) in [4.78, 5) is 14.2. The minimum Gasteiger partial charge on any atom is -0.465 e. The second-order valence-corrected chi connectivity index (χ2v) is 5.10. The maximum absolute atomic E-state index is 11.9. The molecule has 92 valence electrons. The molecule has 1 unspecified atom stereocenters. The molecule has 0 amide bonds. The first kappa shape index (κ1) is 13.8. The predicted molar refractivity (Wildman–Crippen MR) is 70.0 cm³/mol. The number of terminal acetylenes is 1. The van der Waals surface area contributed by atoms with E-state index in [1.54, 1.807) is 18.3 Å². The molecule has 4 heteroatoms. The summed E-state index contributed by atoms with van der Waals surface area (Å²) in [7, 11) is 0. The third-order valence-electron chi connectivity index (χ3n) is 2.32. The van der Waals surface area contributed by atoms with Crippen LogP contribution in [0.4, 0.5) is 0 Å². The highest BCUT2D eigenvalue weighted by Gasteiger charge is 2.23. The van der Waals surface area contributed by atoms with Gasteiger partial charge in [0.2, 0.25) is 0 Å². The molecule has 3 nitrogen and oxygen atoms in total. The van der Waals surface area contributed by atoms with Gasteiger partial charge < -0.3 is 4.74 Å². The first-order chi connectivity index (χ1) is 8.10. The van der Waals surface area contributed by atoms with E-state index in [-0.39, 0.29) is 5.97 Å². The van der Waals surface area contributed by atoms with Gasteiger partial charge in [0.05, 0.1) is 13.2 Å². The van der Waals surface area contributed by atoms with Gasteiger partial charge in [-0.15, -0.1) is 17.8 Å². The number of ether oxygens (including phenoxy) is 1. The summed E-state index contributed by atoms with van der Waals surface area (Å²) in [5, 5.41) is 3.02. The highest BCUT2D eigenvalue weighted by atomic mass is 32.1. The van der Waals surface area contributed by atoms with Crippen LogP contribution in [0.1, 0.15) is 28.3 Å². The lowest BCUT2D eigenvalue weighted by Gasteiger charge is -2.15. The molecule has 0 aliphatic carbocycles. The molecule has 0 fully saturated rings. The normalized spacial score (nSPS) is 11.9. The van der Waals surface area contributed by atoms with E-state index in [1.165, 1.54) is 4.88 Å². The predicted octanol–water partition coefficient (Wildman–Crippen LogP) is 2.19. The highest BCUT2D eigenvalue weighted by Crippen LogP contribution is 2.27. The summed E-state index contributed by atoms with van der Waals surface area (Å²) >= 11 is 1.67. The van der Waals surface area contributed by atoms with Gasteiger partial charge in [-0.05, 0) is 32.4 Å². The second kappa shape index (κ2) is 6.43. The standard InChI is InChI=1S/C13H17NO2S/c1-5-7-14-12(13(15)16-6-2)11-8-9(3)17-10(11)4/h1,8,12,14H,6-7H2,2-4H3. The van der Waals surface area contributed by atoms with E-state index in [1.807, 2.05) is 19.9 Å². The van der Waals surface area contributed by atoms with Crippen LogP contribution in [-0.2, 0) is 9.53 Å². The molecule has 1 atom stereocenters. The van der Waals surface area contributed by atoms with E-state index in [0.717, 1.165) is 10.4 Å². The molecular formula is C13H17NO2S. The summed E-state index contributed by atoms with van der Waals surface area (Å²) in [6, 6.07) is 1.54. The highest BCUT2D eigenvalue weighted by molar-refractivity contribution is 7.12. The van der Waals surface area contributed by atoms with Crippen molar-refractivity contribution in [1.29, 1.82) is 0 Å². The number of carbonyl (C=O) groups excluding carboxylic acids is 1. The number of carbonyl (C=O) groups is 1. The molecule has 0 radical (unpaired) electrons. The fourth-order valence-electron chi connectivity index (χ4n) is 1.64. The maximum atomic E-state index is 11.9. The molecule has 17 heavy (non-hydrogen) atoms. The Bertz CT molecular complexity index is 431. The van der Waals surface area contributed by atoms with Crippen molar-refractivity contribution in [1.82, 2.24) is 5.32 Å². The third kappa shape index (κ3) is 3.58. The number of hydrogen-bond donors (Lipinski definition) is 1. The number of nitrogens with one attached hydrogen (secondary N) is 1. The average molecular weight is 251 g/mol. The summed E-state index contributed by atoms with van der Waals surface area (Å²) in [6.45, 7) is 6.52. The molecule has 0 aromatic carbocycles. The summed E-state index contributed by atoms with van der Waals surface area (Å²) in [6.07, 6.45) is 5.21. The summed E-state index contributed by atoms with van der Waals surface area (Å²) in [5.41, 5.74) is 0.959. The van der Waals surface area contributed by atoms with Crippen molar-refractivity contribution in [3.63, 3.8) is 0 Å². The molecule has 1 rings (SSSR count). The molecule has 1 N–H and O–H groups in total. The van der Waals surface area contributed by atoms with Gasteiger partial charge in [0.25, 0.3) is 0 Å². The van der Waals surface area contributed by atoms with Gasteiger partial charge >= 0.3 is 5.97 Å². The maximum Gasteiger partial charge on any atom is 0.327 e. The number of hydrogen-bond acceptors (Lipinski definition) is 4. The van der Waals surface area contributed by atoms with E-state index in [4.69, 9.17) is 11.2 Å². The largest absolute Gasteiger partial charge is 0.465 e. The Labute approximate surface area is 106 Å². The molecule has 1 heterocycles. The number of esters is 1. The lowest BCUT2D eigenvalue weighted by Crippen LogP contribution is -2.30.